The molecule has 0 aromatic heterocycles. The van der Waals surface area contributed by atoms with Crippen LogP contribution in [0.1, 0.15) is 59.3 Å². The topological polar surface area (TPSA) is 120 Å². The van der Waals surface area contributed by atoms with Crippen molar-refractivity contribution in [3.8, 4) is 0 Å². The van der Waals surface area contributed by atoms with Crippen LogP contribution in [0, 0.1) is 0 Å². The van der Waals surface area contributed by atoms with Gasteiger partial charge in [0.05, 0.1) is 0 Å². The zero-order chi connectivity index (χ0) is 15.0. The third kappa shape index (κ3) is 61.8. The van der Waals surface area contributed by atoms with E-state index in [0.717, 1.165) is 0 Å². The van der Waals surface area contributed by atoms with Gasteiger partial charge in [-0.05, 0) is 19.3 Å². The Labute approximate surface area is 116 Å². The summed E-state index contributed by atoms with van der Waals surface area (Å²) in [6, 6.07) is 0. The number of rotatable bonds is 6. The minimum Gasteiger partial charge on any atom is -0.550 e. The molecule has 0 saturated heterocycles. The van der Waals surface area contributed by atoms with Crippen LogP contribution >= 0.6 is 0 Å². The van der Waals surface area contributed by atoms with E-state index in [2.05, 4.69) is 0 Å². The maximum absolute atomic E-state index is 9.49. The van der Waals surface area contributed by atoms with Crippen LogP contribution in [0.5, 0.6) is 0 Å². The fourth-order valence-corrected chi connectivity index (χ4v) is 0.612. The van der Waals surface area contributed by atoms with Gasteiger partial charge in [-0.1, -0.05) is 40.0 Å². The van der Waals surface area contributed by atoms with E-state index >= 15 is 0 Å². The van der Waals surface area contributed by atoms with Crippen LogP contribution in [0.2, 0.25) is 0 Å². The molecule has 0 heterocycles. The molecule has 0 spiro atoms. The number of carboxylic acids is 3. The third-order valence-electron chi connectivity index (χ3n) is 1.36. The number of hydrogen-bond donors (Lipinski definition) is 0. The van der Waals surface area contributed by atoms with Gasteiger partial charge in [-0.25, -0.2) is 0 Å². The Morgan fingerprint density at radius 1 is 0.632 bits per heavy atom. The van der Waals surface area contributed by atoms with E-state index in [1.165, 1.54) is 0 Å². The zero-order valence-corrected chi connectivity index (χ0v) is 11.8. The Kier molecular flexibility index (Phi) is 29.9. The SMILES string of the molecule is CCCC(=O)[O-].CCCC(=O)[O-].CCCC(=O)[O-].[B+3]. The molecule has 0 rings (SSSR count). The van der Waals surface area contributed by atoms with Gasteiger partial charge in [0.15, 0.2) is 0 Å². The van der Waals surface area contributed by atoms with Crippen molar-refractivity contribution in [3.63, 3.8) is 0 Å². The molecule has 0 saturated carbocycles. The third-order valence-corrected chi connectivity index (χ3v) is 1.36. The molecule has 108 valence electrons. The summed E-state index contributed by atoms with van der Waals surface area (Å²) in [7, 11) is 0. The molecule has 7 heteroatoms. The fourth-order valence-electron chi connectivity index (χ4n) is 0.612. The van der Waals surface area contributed by atoms with Gasteiger partial charge in [-0.15, -0.1) is 0 Å². The molecule has 0 aromatic carbocycles. The first kappa shape index (κ1) is 26.1. The van der Waals surface area contributed by atoms with Gasteiger partial charge in [-0.2, -0.15) is 0 Å². The van der Waals surface area contributed by atoms with Crippen molar-refractivity contribution in [2.45, 2.75) is 59.3 Å². The van der Waals surface area contributed by atoms with E-state index in [-0.39, 0.29) is 27.7 Å². The first-order chi connectivity index (χ1) is 8.31. The molecule has 0 amide bonds. The summed E-state index contributed by atoms with van der Waals surface area (Å²) in [4.78, 5) is 28.5. The fraction of sp³-hybridized carbons (Fsp3) is 0.750. The quantitative estimate of drug-likeness (QED) is 0.527. The van der Waals surface area contributed by atoms with Crippen molar-refractivity contribution in [2.75, 3.05) is 0 Å². The summed E-state index contributed by atoms with van der Waals surface area (Å²) < 4.78 is 0. The monoisotopic (exact) mass is 272 g/mol. The van der Waals surface area contributed by atoms with E-state index in [1.807, 2.05) is 0 Å². The van der Waals surface area contributed by atoms with Crippen LogP contribution in [0.25, 0.3) is 0 Å². The Morgan fingerprint density at radius 2 is 0.789 bits per heavy atom. The summed E-state index contributed by atoms with van der Waals surface area (Å²) >= 11 is 0. The molecule has 19 heavy (non-hydrogen) atoms. The Balaban J connectivity index is -0.0000000865. The number of carboxylic acid groups (broad SMARTS) is 3. The van der Waals surface area contributed by atoms with Gasteiger partial charge in [0.1, 0.15) is 0 Å². The molecular formula is C12H21BO6. The van der Waals surface area contributed by atoms with Crippen molar-refractivity contribution in [2.24, 2.45) is 0 Å². The Hall–Kier alpha value is -1.53. The predicted molar refractivity (Wildman–Crippen MR) is 65.5 cm³/mol. The Bertz CT molecular complexity index is 192. The molecule has 0 fully saturated rings. The minimum atomic E-state index is -0.961. The van der Waals surface area contributed by atoms with Crippen LogP contribution in [0.3, 0.4) is 0 Å². The van der Waals surface area contributed by atoms with Crippen molar-refractivity contribution >= 4 is 26.3 Å². The summed E-state index contributed by atoms with van der Waals surface area (Å²) in [5.41, 5.74) is 0. The molecule has 0 aromatic rings. The molecular weight excluding hydrogens is 251 g/mol. The molecule has 0 unspecified atom stereocenters. The van der Waals surface area contributed by atoms with Crippen LogP contribution in [-0.2, 0) is 14.4 Å². The van der Waals surface area contributed by atoms with Crippen LogP contribution in [0.15, 0.2) is 0 Å². The van der Waals surface area contributed by atoms with Gasteiger partial charge in [0.25, 0.3) is 0 Å². The van der Waals surface area contributed by atoms with E-state index in [1.54, 1.807) is 20.8 Å². The number of hydrogen-bond acceptors (Lipinski definition) is 6. The summed E-state index contributed by atoms with van der Waals surface area (Å²) in [5.74, 6) is -2.88. The first-order valence-corrected chi connectivity index (χ1v) is 5.91. The maximum atomic E-state index is 9.49. The largest absolute Gasteiger partial charge is 3.00 e. The van der Waals surface area contributed by atoms with Gasteiger partial charge >= 0.3 is 8.41 Å². The number of carbonyl (C=O) groups is 3. The molecule has 0 bridgehead atoms. The van der Waals surface area contributed by atoms with E-state index in [4.69, 9.17) is 0 Å². The normalized spacial score (nSPS) is 7.74. The smallest absolute Gasteiger partial charge is 0.550 e. The zero-order valence-electron chi connectivity index (χ0n) is 11.8. The van der Waals surface area contributed by atoms with Crippen LogP contribution < -0.4 is 15.3 Å². The molecule has 0 atom stereocenters. The average Bonchev–Trinajstić information content (AvgIpc) is 2.18. The maximum Gasteiger partial charge on any atom is 3.00 e. The standard InChI is InChI=1S/3C4H8O2.B/c3*1-2-3-4(5)6;/h3*2-3H2,1H3,(H,5,6);/q;;;+3/p-3. The minimum absolute atomic E-state index is 0. The summed E-state index contributed by atoms with van der Waals surface area (Å²) in [5, 5.41) is 28.5. The second kappa shape index (κ2) is 21.7. The van der Waals surface area contributed by atoms with Crippen molar-refractivity contribution < 1.29 is 29.7 Å². The molecule has 0 aliphatic rings. The van der Waals surface area contributed by atoms with Crippen LogP contribution in [0.4, 0.5) is 0 Å². The second-order valence-corrected chi connectivity index (χ2v) is 3.37. The van der Waals surface area contributed by atoms with E-state index < -0.39 is 17.9 Å². The van der Waals surface area contributed by atoms with Crippen molar-refractivity contribution in [1.82, 2.24) is 0 Å². The molecule has 0 aliphatic heterocycles. The van der Waals surface area contributed by atoms with Crippen molar-refractivity contribution in [1.29, 1.82) is 0 Å². The second-order valence-electron chi connectivity index (χ2n) is 3.37. The van der Waals surface area contributed by atoms with Crippen LogP contribution in [-0.4, -0.2) is 26.3 Å². The predicted octanol–water partition coefficient (Wildman–Crippen LogP) is -1.77. The van der Waals surface area contributed by atoms with Gasteiger partial charge in [0.2, 0.25) is 0 Å². The van der Waals surface area contributed by atoms with Gasteiger partial charge in [-0.3, -0.25) is 0 Å². The Morgan fingerprint density at radius 3 is 0.789 bits per heavy atom. The molecule has 0 radical (unpaired) electrons. The first-order valence-electron chi connectivity index (χ1n) is 5.91. The van der Waals surface area contributed by atoms with Gasteiger partial charge in [0, 0.05) is 17.9 Å². The summed E-state index contributed by atoms with van der Waals surface area (Å²) in [6.07, 6.45) is 2.55. The average molecular weight is 272 g/mol. The van der Waals surface area contributed by atoms with E-state index in [0.29, 0.717) is 19.3 Å². The van der Waals surface area contributed by atoms with E-state index in [9.17, 15) is 29.7 Å². The molecule has 6 nitrogen and oxygen atoms in total. The number of aliphatic carboxylic acids is 3. The van der Waals surface area contributed by atoms with Crippen molar-refractivity contribution in [3.05, 3.63) is 0 Å². The summed E-state index contributed by atoms with van der Waals surface area (Å²) in [6.45, 7) is 5.40. The molecule has 0 N–H and O–H groups in total. The number of carbonyl (C=O) groups excluding carboxylic acids is 3. The van der Waals surface area contributed by atoms with Gasteiger partial charge < -0.3 is 29.7 Å². The molecule has 0 aliphatic carbocycles.